The average Bonchev–Trinajstić information content (AvgIpc) is 3.03. The molecule has 0 fully saturated rings. The van der Waals surface area contributed by atoms with E-state index in [0.29, 0.717) is 28.3 Å². The predicted octanol–water partition coefficient (Wildman–Crippen LogP) is 3.48. The summed E-state index contributed by atoms with van der Waals surface area (Å²) >= 11 is 0. The van der Waals surface area contributed by atoms with Crippen LogP contribution in [0.15, 0.2) is 72.8 Å². The number of hydrogen-bond donors (Lipinski definition) is 0. The molecule has 3 aromatic rings. The average molecular weight is 403 g/mol. The zero-order valence-electron chi connectivity index (χ0n) is 16.0. The Bertz CT molecular complexity index is 1090. The number of methoxy groups -OCH3 is 1. The van der Waals surface area contributed by atoms with Gasteiger partial charge in [0.1, 0.15) is 17.2 Å². The fraction of sp³-hybridized carbons (Fsp3) is 0.0870. The van der Waals surface area contributed by atoms with Crippen LogP contribution in [-0.2, 0) is 4.79 Å². The van der Waals surface area contributed by atoms with Crippen LogP contribution in [0.5, 0.6) is 17.2 Å². The number of nitrogens with zero attached hydrogens (tertiary/aromatic N) is 1. The molecule has 30 heavy (non-hydrogen) atoms. The van der Waals surface area contributed by atoms with Crippen molar-refractivity contribution in [2.24, 2.45) is 0 Å². The standard InChI is InChI=1S/C23H17NO6/c1-28-16-9-11-17(12-10-16)29-14-21(25)30-18-6-4-5-15(13-18)24-22(26)19-7-2-3-8-20(19)23(24)27/h2-13H,14H2,1H3. The summed E-state index contributed by atoms with van der Waals surface area (Å²) in [6.45, 7) is -0.302. The van der Waals surface area contributed by atoms with E-state index in [9.17, 15) is 14.4 Å². The van der Waals surface area contributed by atoms with Crippen molar-refractivity contribution in [3.05, 3.63) is 83.9 Å². The third-order valence-electron chi connectivity index (χ3n) is 4.52. The van der Waals surface area contributed by atoms with Crippen LogP contribution < -0.4 is 19.1 Å². The summed E-state index contributed by atoms with van der Waals surface area (Å²) < 4.78 is 15.8. The monoisotopic (exact) mass is 403 g/mol. The van der Waals surface area contributed by atoms with E-state index >= 15 is 0 Å². The number of fused-ring (bicyclic) bond motifs is 1. The number of rotatable bonds is 6. The summed E-state index contributed by atoms with van der Waals surface area (Å²) in [6, 6.07) is 19.6. The number of anilines is 1. The summed E-state index contributed by atoms with van der Waals surface area (Å²) in [5.41, 5.74) is 1.01. The lowest BCUT2D eigenvalue weighted by atomic mass is 10.1. The molecule has 0 bridgehead atoms. The largest absolute Gasteiger partial charge is 0.497 e. The number of esters is 1. The lowest BCUT2D eigenvalue weighted by Gasteiger charge is -2.15. The number of carbonyl (C=O) groups excluding carboxylic acids is 3. The minimum Gasteiger partial charge on any atom is -0.497 e. The Labute approximate surface area is 172 Å². The molecule has 0 radical (unpaired) electrons. The Kier molecular flexibility index (Phi) is 5.17. The van der Waals surface area contributed by atoms with Gasteiger partial charge in [-0.1, -0.05) is 18.2 Å². The van der Waals surface area contributed by atoms with Gasteiger partial charge in [-0.2, -0.15) is 0 Å². The number of benzene rings is 3. The van der Waals surface area contributed by atoms with E-state index in [1.54, 1.807) is 73.8 Å². The first-order valence-electron chi connectivity index (χ1n) is 9.12. The van der Waals surface area contributed by atoms with E-state index in [0.717, 1.165) is 4.90 Å². The Morgan fingerprint density at radius 1 is 0.800 bits per heavy atom. The molecule has 1 heterocycles. The normalized spacial score (nSPS) is 12.5. The summed E-state index contributed by atoms with van der Waals surface area (Å²) in [5, 5.41) is 0. The van der Waals surface area contributed by atoms with Crippen LogP contribution in [-0.4, -0.2) is 31.5 Å². The van der Waals surface area contributed by atoms with E-state index in [-0.39, 0.29) is 12.4 Å². The van der Waals surface area contributed by atoms with E-state index in [1.165, 1.54) is 6.07 Å². The van der Waals surface area contributed by atoms with Crippen molar-refractivity contribution < 1.29 is 28.6 Å². The zero-order valence-corrected chi connectivity index (χ0v) is 16.0. The quantitative estimate of drug-likeness (QED) is 0.356. The maximum absolute atomic E-state index is 12.6. The summed E-state index contributed by atoms with van der Waals surface area (Å²) in [7, 11) is 1.56. The van der Waals surface area contributed by atoms with Gasteiger partial charge in [-0.05, 0) is 48.5 Å². The molecule has 0 aliphatic carbocycles. The second kappa shape index (κ2) is 8.08. The molecule has 0 unspecified atom stereocenters. The molecule has 1 aliphatic rings. The smallest absolute Gasteiger partial charge is 0.349 e. The minimum atomic E-state index is -0.620. The molecule has 0 aromatic heterocycles. The highest BCUT2D eigenvalue weighted by molar-refractivity contribution is 6.34. The van der Waals surface area contributed by atoms with Crippen molar-refractivity contribution in [3.63, 3.8) is 0 Å². The van der Waals surface area contributed by atoms with Crippen molar-refractivity contribution in [2.45, 2.75) is 0 Å². The molecule has 1 aliphatic heterocycles. The van der Waals surface area contributed by atoms with E-state index in [2.05, 4.69) is 0 Å². The first-order valence-corrected chi connectivity index (χ1v) is 9.12. The van der Waals surface area contributed by atoms with Crippen molar-refractivity contribution in [1.82, 2.24) is 0 Å². The predicted molar refractivity (Wildman–Crippen MR) is 108 cm³/mol. The summed E-state index contributed by atoms with van der Waals surface area (Å²) in [5.74, 6) is -0.0797. The molecule has 2 amide bonds. The van der Waals surface area contributed by atoms with Gasteiger partial charge in [0.25, 0.3) is 11.8 Å². The highest BCUT2D eigenvalue weighted by atomic mass is 16.6. The number of hydrogen-bond acceptors (Lipinski definition) is 6. The van der Waals surface area contributed by atoms with Gasteiger partial charge in [0.05, 0.1) is 23.9 Å². The number of carbonyl (C=O) groups is 3. The zero-order chi connectivity index (χ0) is 21.1. The minimum absolute atomic E-state index is 0.201. The second-order valence-electron chi connectivity index (χ2n) is 6.43. The van der Waals surface area contributed by atoms with Gasteiger partial charge in [-0.3, -0.25) is 9.59 Å². The van der Waals surface area contributed by atoms with Crippen molar-refractivity contribution in [1.29, 1.82) is 0 Å². The highest BCUT2D eigenvalue weighted by Crippen LogP contribution is 2.30. The maximum Gasteiger partial charge on any atom is 0.349 e. The Morgan fingerprint density at radius 2 is 1.43 bits per heavy atom. The van der Waals surface area contributed by atoms with Crippen LogP contribution >= 0.6 is 0 Å². The summed E-state index contributed by atoms with van der Waals surface area (Å²) in [6.07, 6.45) is 0. The van der Waals surface area contributed by atoms with Crippen LogP contribution in [0.4, 0.5) is 5.69 Å². The molecule has 3 aromatic carbocycles. The lowest BCUT2D eigenvalue weighted by molar-refractivity contribution is -0.136. The Balaban J connectivity index is 1.43. The Hall–Kier alpha value is -4.13. The first-order chi connectivity index (χ1) is 14.6. The number of amides is 2. The van der Waals surface area contributed by atoms with Gasteiger partial charge in [0.15, 0.2) is 6.61 Å². The van der Waals surface area contributed by atoms with Gasteiger partial charge in [0, 0.05) is 6.07 Å². The molecule has 7 nitrogen and oxygen atoms in total. The molecule has 0 N–H and O–H groups in total. The highest BCUT2D eigenvalue weighted by Gasteiger charge is 2.36. The fourth-order valence-corrected chi connectivity index (χ4v) is 3.08. The second-order valence-corrected chi connectivity index (χ2v) is 6.43. The molecular weight excluding hydrogens is 386 g/mol. The molecule has 0 spiro atoms. The first kappa shape index (κ1) is 19.2. The lowest BCUT2D eigenvalue weighted by Crippen LogP contribution is -2.29. The van der Waals surface area contributed by atoms with Crippen LogP contribution in [0.2, 0.25) is 0 Å². The van der Waals surface area contributed by atoms with Crippen molar-refractivity contribution in [3.8, 4) is 17.2 Å². The molecule has 0 saturated heterocycles. The Morgan fingerprint density at radius 3 is 2.07 bits per heavy atom. The third kappa shape index (κ3) is 3.73. The van der Waals surface area contributed by atoms with E-state index in [1.807, 2.05) is 0 Å². The van der Waals surface area contributed by atoms with Crippen LogP contribution in [0.1, 0.15) is 20.7 Å². The van der Waals surface area contributed by atoms with Crippen LogP contribution in [0.3, 0.4) is 0 Å². The van der Waals surface area contributed by atoms with Crippen molar-refractivity contribution in [2.75, 3.05) is 18.6 Å². The van der Waals surface area contributed by atoms with Gasteiger partial charge in [-0.15, -0.1) is 0 Å². The number of ether oxygens (including phenoxy) is 3. The van der Waals surface area contributed by atoms with Crippen LogP contribution in [0, 0.1) is 0 Å². The fourth-order valence-electron chi connectivity index (χ4n) is 3.08. The maximum atomic E-state index is 12.6. The van der Waals surface area contributed by atoms with Gasteiger partial charge in [0.2, 0.25) is 0 Å². The third-order valence-corrected chi connectivity index (χ3v) is 4.52. The van der Waals surface area contributed by atoms with Gasteiger partial charge in [-0.25, -0.2) is 9.69 Å². The van der Waals surface area contributed by atoms with E-state index in [4.69, 9.17) is 14.2 Å². The molecule has 0 atom stereocenters. The molecular formula is C23H17NO6. The SMILES string of the molecule is COc1ccc(OCC(=O)Oc2cccc(N3C(=O)c4ccccc4C3=O)c2)cc1. The molecule has 150 valence electrons. The number of imide groups is 1. The summed E-state index contributed by atoms with van der Waals surface area (Å²) in [4.78, 5) is 38.4. The van der Waals surface area contributed by atoms with E-state index < -0.39 is 17.8 Å². The van der Waals surface area contributed by atoms with Crippen molar-refractivity contribution >= 4 is 23.5 Å². The topological polar surface area (TPSA) is 82.1 Å². The van der Waals surface area contributed by atoms with Crippen LogP contribution in [0.25, 0.3) is 0 Å². The molecule has 7 heteroatoms. The van der Waals surface area contributed by atoms with Gasteiger partial charge < -0.3 is 14.2 Å². The molecule has 4 rings (SSSR count). The molecule has 0 saturated carbocycles. The van der Waals surface area contributed by atoms with Gasteiger partial charge >= 0.3 is 5.97 Å².